The minimum Gasteiger partial charge on any atom is -0.490 e. The number of anilines is 2. The van der Waals surface area contributed by atoms with Crippen molar-refractivity contribution >= 4 is 50.3 Å². The molecule has 1 fully saturated rings. The van der Waals surface area contributed by atoms with Crippen LogP contribution in [0.3, 0.4) is 0 Å². The summed E-state index contributed by atoms with van der Waals surface area (Å²) in [7, 11) is 0. The van der Waals surface area contributed by atoms with Crippen molar-refractivity contribution in [3.05, 3.63) is 27.5 Å². The molecule has 1 heterocycles. The molecule has 0 saturated heterocycles. The molecule has 3 rings (SSSR count). The van der Waals surface area contributed by atoms with Crippen LogP contribution in [0.1, 0.15) is 44.6 Å². The number of benzene rings is 1. The first-order chi connectivity index (χ1) is 14.5. The second-order valence-corrected chi connectivity index (χ2v) is 8.60. The van der Waals surface area contributed by atoms with E-state index < -0.39 is 0 Å². The molecule has 162 valence electrons. The molecule has 30 heavy (non-hydrogen) atoms. The van der Waals surface area contributed by atoms with Gasteiger partial charge in [-0.3, -0.25) is 10.2 Å². The topological polar surface area (TPSA) is 111 Å². The van der Waals surface area contributed by atoms with E-state index in [1.807, 2.05) is 13.0 Å². The number of nitrogens with two attached hydrogens (primary N) is 1. The Bertz CT molecular complexity index is 883. The molecule has 1 aromatic carbocycles. The largest absolute Gasteiger partial charge is 0.490 e. The van der Waals surface area contributed by atoms with Gasteiger partial charge in [0.05, 0.1) is 12.8 Å². The number of hydrazone groups is 1. The molecule has 0 unspecified atom stereocenters. The number of nitrogens with one attached hydrogen (secondary N) is 2. The molecule has 0 atom stereocenters. The first-order valence-corrected chi connectivity index (χ1v) is 11.6. The van der Waals surface area contributed by atoms with Crippen LogP contribution < -0.4 is 25.9 Å². The Morgan fingerprint density at radius 2 is 2.10 bits per heavy atom. The molecular formula is C20H26BrN5O3S. The first-order valence-electron chi connectivity index (χ1n) is 9.93. The highest BCUT2D eigenvalue weighted by Crippen LogP contribution is 2.33. The summed E-state index contributed by atoms with van der Waals surface area (Å²) in [6.45, 7) is 2.31. The number of carbonyl (C=O) groups is 1. The fourth-order valence-corrected chi connectivity index (χ4v) is 4.16. The van der Waals surface area contributed by atoms with Gasteiger partial charge in [0.25, 0.3) is 5.91 Å². The van der Waals surface area contributed by atoms with Crippen LogP contribution in [0, 0.1) is 0 Å². The van der Waals surface area contributed by atoms with E-state index >= 15 is 0 Å². The van der Waals surface area contributed by atoms with E-state index in [0.29, 0.717) is 29.1 Å². The number of carbonyl (C=O) groups excluding carboxylic acids is 1. The highest BCUT2D eigenvalue weighted by molar-refractivity contribution is 9.10. The zero-order valence-electron chi connectivity index (χ0n) is 16.8. The normalized spacial score (nSPS) is 14.6. The number of nitrogen functional groups attached to an aromatic ring is 1. The molecule has 8 nitrogen and oxygen atoms in total. The third-order valence-corrected chi connectivity index (χ3v) is 6.03. The number of amides is 1. The van der Waals surface area contributed by atoms with Crippen molar-refractivity contribution in [2.75, 3.05) is 24.4 Å². The van der Waals surface area contributed by atoms with Gasteiger partial charge in [-0.25, -0.2) is 4.98 Å². The van der Waals surface area contributed by atoms with Crippen molar-refractivity contribution < 1.29 is 14.3 Å². The number of thiazole rings is 1. The van der Waals surface area contributed by atoms with Crippen molar-refractivity contribution in [2.24, 2.45) is 5.10 Å². The molecule has 0 spiro atoms. The number of rotatable bonds is 9. The van der Waals surface area contributed by atoms with E-state index in [2.05, 4.69) is 36.8 Å². The van der Waals surface area contributed by atoms with E-state index in [1.165, 1.54) is 30.6 Å². The van der Waals surface area contributed by atoms with Gasteiger partial charge in [-0.2, -0.15) is 5.10 Å². The van der Waals surface area contributed by atoms with Gasteiger partial charge < -0.3 is 20.5 Å². The Balaban J connectivity index is 1.62. The van der Waals surface area contributed by atoms with Gasteiger partial charge >= 0.3 is 0 Å². The third-order valence-electron chi connectivity index (χ3n) is 4.58. The van der Waals surface area contributed by atoms with Crippen LogP contribution in [0.4, 0.5) is 10.9 Å². The van der Waals surface area contributed by atoms with Gasteiger partial charge in [-0.15, -0.1) is 11.3 Å². The van der Waals surface area contributed by atoms with Crippen LogP contribution in [-0.2, 0) is 4.79 Å². The van der Waals surface area contributed by atoms with Gasteiger partial charge in [0.15, 0.2) is 18.1 Å². The SMILES string of the molecule is CCOc1cc(C=NNc2nc(N)cs2)c(Br)cc1OCC(=O)NC1CCCCC1. The van der Waals surface area contributed by atoms with Crippen LogP contribution in [0.5, 0.6) is 11.5 Å². The molecule has 10 heteroatoms. The van der Waals surface area contributed by atoms with Crippen molar-refractivity contribution in [3.8, 4) is 11.5 Å². The predicted molar refractivity (Wildman–Crippen MR) is 124 cm³/mol. The summed E-state index contributed by atoms with van der Waals surface area (Å²) in [5.41, 5.74) is 9.22. The minimum atomic E-state index is -0.113. The maximum atomic E-state index is 12.3. The molecule has 1 aromatic heterocycles. The van der Waals surface area contributed by atoms with Gasteiger partial charge in [-0.05, 0) is 47.8 Å². The lowest BCUT2D eigenvalue weighted by Gasteiger charge is -2.22. The summed E-state index contributed by atoms with van der Waals surface area (Å²) in [6, 6.07) is 3.84. The average molecular weight is 496 g/mol. The van der Waals surface area contributed by atoms with Crippen molar-refractivity contribution in [1.82, 2.24) is 10.3 Å². The lowest BCUT2D eigenvalue weighted by Crippen LogP contribution is -2.39. The van der Waals surface area contributed by atoms with Crippen molar-refractivity contribution in [1.29, 1.82) is 0 Å². The quantitative estimate of drug-likeness (QED) is 0.355. The molecular weight excluding hydrogens is 470 g/mol. The average Bonchev–Trinajstić information content (AvgIpc) is 3.15. The van der Waals surface area contributed by atoms with Crippen molar-refractivity contribution in [2.45, 2.75) is 45.1 Å². The fourth-order valence-electron chi connectivity index (χ4n) is 3.18. The standard InChI is InChI=1S/C20H26BrN5O3S/c1-2-28-16-8-13(10-23-26-20-25-18(22)12-30-20)15(21)9-17(16)29-11-19(27)24-14-6-4-3-5-7-14/h8-10,12,14H,2-7,11,22H2,1H3,(H,24,27)(H,25,26). The predicted octanol–water partition coefficient (Wildman–Crippen LogP) is 4.16. The Morgan fingerprint density at radius 1 is 1.33 bits per heavy atom. The number of aromatic nitrogens is 1. The molecule has 4 N–H and O–H groups in total. The lowest BCUT2D eigenvalue weighted by molar-refractivity contribution is -0.124. The smallest absolute Gasteiger partial charge is 0.258 e. The van der Waals surface area contributed by atoms with Gasteiger partial charge in [0.1, 0.15) is 5.82 Å². The van der Waals surface area contributed by atoms with Crippen LogP contribution >= 0.6 is 27.3 Å². The van der Waals surface area contributed by atoms with Gasteiger partial charge in [-0.1, -0.05) is 19.3 Å². The maximum absolute atomic E-state index is 12.3. The summed E-state index contributed by atoms with van der Waals surface area (Å²) in [6.07, 6.45) is 7.30. The van der Waals surface area contributed by atoms with E-state index in [4.69, 9.17) is 15.2 Å². The summed E-state index contributed by atoms with van der Waals surface area (Å²) in [5, 5.41) is 9.57. The minimum absolute atomic E-state index is 0.0521. The van der Waals surface area contributed by atoms with Gasteiger partial charge in [0.2, 0.25) is 5.13 Å². The Kier molecular flexibility index (Phi) is 8.32. The molecule has 2 aromatic rings. The van der Waals surface area contributed by atoms with Crippen LogP contribution in [0.15, 0.2) is 27.1 Å². The zero-order valence-corrected chi connectivity index (χ0v) is 19.2. The van der Waals surface area contributed by atoms with Gasteiger partial charge in [0, 0.05) is 21.5 Å². The van der Waals surface area contributed by atoms with Crippen LogP contribution in [-0.4, -0.2) is 36.4 Å². The number of ether oxygens (including phenoxy) is 2. The van der Waals surface area contributed by atoms with E-state index in [0.717, 1.165) is 22.9 Å². The number of hydrogen-bond donors (Lipinski definition) is 3. The summed E-state index contributed by atoms with van der Waals surface area (Å²) >= 11 is 4.89. The van der Waals surface area contributed by atoms with E-state index in [9.17, 15) is 4.79 Å². The first kappa shape index (κ1) is 22.4. The van der Waals surface area contributed by atoms with E-state index in [-0.39, 0.29) is 18.6 Å². The third kappa shape index (κ3) is 6.60. The van der Waals surface area contributed by atoms with E-state index in [1.54, 1.807) is 17.7 Å². The Morgan fingerprint density at radius 3 is 2.80 bits per heavy atom. The number of hydrogen-bond acceptors (Lipinski definition) is 8. The second kappa shape index (κ2) is 11.2. The highest BCUT2D eigenvalue weighted by Gasteiger charge is 2.17. The molecule has 1 aliphatic carbocycles. The fraction of sp³-hybridized carbons (Fsp3) is 0.450. The number of halogens is 1. The van der Waals surface area contributed by atoms with Crippen LogP contribution in [0.25, 0.3) is 0 Å². The lowest BCUT2D eigenvalue weighted by atomic mass is 9.95. The number of nitrogens with zero attached hydrogens (tertiary/aromatic N) is 2. The monoisotopic (exact) mass is 495 g/mol. The summed E-state index contributed by atoms with van der Waals surface area (Å²) in [5.74, 6) is 1.39. The highest BCUT2D eigenvalue weighted by atomic mass is 79.9. The summed E-state index contributed by atoms with van der Waals surface area (Å²) < 4.78 is 12.2. The Hall–Kier alpha value is -2.33. The van der Waals surface area contributed by atoms with Crippen molar-refractivity contribution in [3.63, 3.8) is 0 Å². The second-order valence-electron chi connectivity index (χ2n) is 6.89. The zero-order chi connectivity index (χ0) is 21.3. The molecule has 1 aliphatic rings. The molecule has 0 radical (unpaired) electrons. The summed E-state index contributed by atoms with van der Waals surface area (Å²) in [4.78, 5) is 16.3. The molecule has 1 saturated carbocycles. The molecule has 1 amide bonds. The molecule has 0 bridgehead atoms. The Labute approximate surface area is 188 Å². The maximum Gasteiger partial charge on any atom is 0.258 e. The van der Waals surface area contributed by atoms with Crippen LogP contribution in [0.2, 0.25) is 0 Å². The molecule has 0 aliphatic heterocycles.